The molecule has 1 saturated heterocycles. The molecule has 2 atom stereocenters. The number of fused-ring (bicyclic) bond motifs is 1. The van der Waals surface area contributed by atoms with Crippen LogP contribution >= 0.6 is 0 Å². The lowest BCUT2D eigenvalue weighted by molar-refractivity contribution is -0.120. The minimum atomic E-state index is 0.0374. The third-order valence-electron chi connectivity index (χ3n) is 3.49. The molecule has 5 nitrogen and oxygen atoms in total. The lowest BCUT2D eigenvalue weighted by Gasteiger charge is -2.14. The Balaban J connectivity index is 1.71. The van der Waals surface area contributed by atoms with Crippen LogP contribution in [0.15, 0.2) is 18.2 Å². The molecule has 2 N–H and O–H groups in total. The molecule has 1 fully saturated rings. The van der Waals surface area contributed by atoms with Crippen LogP contribution in [-0.4, -0.2) is 25.8 Å². The molecule has 2 aliphatic rings. The van der Waals surface area contributed by atoms with Crippen LogP contribution in [0.2, 0.25) is 0 Å². The second-order valence-electron chi connectivity index (χ2n) is 4.80. The van der Waals surface area contributed by atoms with Crippen LogP contribution < -0.4 is 20.1 Å². The van der Waals surface area contributed by atoms with Gasteiger partial charge < -0.3 is 20.1 Å². The van der Waals surface area contributed by atoms with Crippen LogP contribution in [0, 0.1) is 11.8 Å². The van der Waals surface area contributed by atoms with Gasteiger partial charge in [-0.05, 0) is 24.6 Å². The average molecular weight is 248 g/mol. The summed E-state index contributed by atoms with van der Waals surface area (Å²) in [5.41, 5.74) is 0.753. The lowest BCUT2D eigenvalue weighted by atomic mass is 9.97. The molecule has 5 heteroatoms. The van der Waals surface area contributed by atoms with E-state index >= 15 is 0 Å². The van der Waals surface area contributed by atoms with E-state index in [4.69, 9.17) is 9.47 Å². The Morgan fingerprint density at radius 1 is 1.33 bits per heavy atom. The summed E-state index contributed by atoms with van der Waals surface area (Å²) in [5, 5.41) is 6.15. The van der Waals surface area contributed by atoms with E-state index in [0.717, 1.165) is 24.5 Å². The van der Waals surface area contributed by atoms with Gasteiger partial charge in [0.15, 0.2) is 11.5 Å². The summed E-state index contributed by atoms with van der Waals surface area (Å²) in [6, 6.07) is 5.44. The van der Waals surface area contributed by atoms with Crippen molar-refractivity contribution in [2.24, 2.45) is 11.8 Å². The summed E-state index contributed by atoms with van der Waals surface area (Å²) in [4.78, 5) is 12.1. The van der Waals surface area contributed by atoms with E-state index < -0.39 is 0 Å². The molecule has 0 aromatic heterocycles. The first-order valence-corrected chi connectivity index (χ1v) is 6.15. The molecule has 0 bridgehead atoms. The van der Waals surface area contributed by atoms with Crippen LogP contribution in [0.25, 0.3) is 0 Å². The zero-order valence-corrected chi connectivity index (χ0v) is 10.2. The molecular formula is C13H16N2O3. The highest BCUT2D eigenvalue weighted by Gasteiger charge is 2.29. The monoisotopic (exact) mass is 248 g/mol. The molecular weight excluding hydrogens is 232 g/mol. The minimum absolute atomic E-state index is 0.0374. The van der Waals surface area contributed by atoms with E-state index in [9.17, 15) is 4.79 Å². The Bertz CT molecular complexity index is 475. The summed E-state index contributed by atoms with van der Waals surface area (Å²) >= 11 is 0. The Morgan fingerprint density at radius 2 is 2.17 bits per heavy atom. The average Bonchev–Trinajstić information content (AvgIpc) is 2.96. The molecule has 0 spiro atoms. The van der Waals surface area contributed by atoms with E-state index in [1.54, 1.807) is 6.07 Å². The normalized spacial score (nSPS) is 25.2. The zero-order valence-electron chi connectivity index (χ0n) is 10.2. The van der Waals surface area contributed by atoms with Crippen LogP contribution in [0.1, 0.15) is 6.92 Å². The molecule has 3 rings (SSSR count). The zero-order chi connectivity index (χ0) is 12.5. The number of rotatable bonds is 2. The fourth-order valence-corrected chi connectivity index (χ4v) is 2.37. The smallest absolute Gasteiger partial charge is 0.231 e. The third kappa shape index (κ3) is 2.01. The van der Waals surface area contributed by atoms with E-state index in [1.807, 2.05) is 12.1 Å². The first kappa shape index (κ1) is 11.3. The molecule has 0 aliphatic carbocycles. The van der Waals surface area contributed by atoms with Gasteiger partial charge in [-0.1, -0.05) is 6.92 Å². The van der Waals surface area contributed by atoms with Crippen molar-refractivity contribution < 1.29 is 14.3 Å². The standard InChI is InChI=1S/C13H16N2O3/c1-8-5-14-6-10(8)13(16)15-9-2-3-11-12(4-9)18-7-17-11/h2-4,8,10,14H,5-7H2,1H3,(H,15,16). The molecule has 2 heterocycles. The van der Waals surface area contributed by atoms with Crippen LogP contribution in [0.3, 0.4) is 0 Å². The molecule has 1 aromatic rings. The Hall–Kier alpha value is -1.75. The Kier molecular flexibility index (Phi) is 2.83. The summed E-state index contributed by atoms with van der Waals surface area (Å²) in [6.45, 7) is 3.98. The maximum absolute atomic E-state index is 12.1. The summed E-state index contributed by atoms with van der Waals surface area (Å²) in [6.07, 6.45) is 0. The maximum atomic E-state index is 12.1. The Labute approximate surface area is 105 Å². The molecule has 1 aromatic carbocycles. The van der Waals surface area contributed by atoms with Crippen molar-refractivity contribution in [3.63, 3.8) is 0 Å². The fourth-order valence-electron chi connectivity index (χ4n) is 2.37. The fraction of sp³-hybridized carbons (Fsp3) is 0.462. The number of benzene rings is 1. The second-order valence-corrected chi connectivity index (χ2v) is 4.80. The van der Waals surface area contributed by atoms with E-state index in [2.05, 4.69) is 17.6 Å². The number of anilines is 1. The van der Waals surface area contributed by atoms with Crippen LogP contribution in [0.4, 0.5) is 5.69 Å². The van der Waals surface area contributed by atoms with Crippen molar-refractivity contribution in [2.45, 2.75) is 6.92 Å². The van der Waals surface area contributed by atoms with E-state index in [1.165, 1.54) is 0 Å². The Morgan fingerprint density at radius 3 is 2.94 bits per heavy atom. The number of carbonyl (C=O) groups excluding carboxylic acids is 1. The van der Waals surface area contributed by atoms with Gasteiger partial charge in [0.25, 0.3) is 0 Å². The molecule has 2 unspecified atom stereocenters. The molecule has 2 aliphatic heterocycles. The molecule has 1 amide bonds. The summed E-state index contributed by atoms with van der Waals surface area (Å²) < 4.78 is 10.5. The topological polar surface area (TPSA) is 59.6 Å². The minimum Gasteiger partial charge on any atom is -0.454 e. The van der Waals surface area contributed by atoms with E-state index in [-0.39, 0.29) is 18.6 Å². The van der Waals surface area contributed by atoms with Crippen molar-refractivity contribution in [3.8, 4) is 11.5 Å². The molecule has 96 valence electrons. The number of hydrogen-bond acceptors (Lipinski definition) is 4. The van der Waals surface area contributed by atoms with Crippen LogP contribution in [-0.2, 0) is 4.79 Å². The lowest BCUT2D eigenvalue weighted by Crippen LogP contribution is -2.27. The van der Waals surface area contributed by atoms with Crippen molar-refractivity contribution in [2.75, 3.05) is 25.2 Å². The van der Waals surface area contributed by atoms with Crippen LogP contribution in [0.5, 0.6) is 11.5 Å². The van der Waals surface area contributed by atoms with Gasteiger partial charge in [0.2, 0.25) is 12.7 Å². The molecule has 0 radical (unpaired) electrons. The summed E-state index contributed by atoms with van der Waals surface area (Å²) in [7, 11) is 0. The van der Waals surface area contributed by atoms with Crippen molar-refractivity contribution >= 4 is 11.6 Å². The number of amides is 1. The van der Waals surface area contributed by atoms with Gasteiger partial charge in [-0.15, -0.1) is 0 Å². The molecule has 18 heavy (non-hydrogen) atoms. The van der Waals surface area contributed by atoms with Gasteiger partial charge in [0, 0.05) is 18.3 Å². The van der Waals surface area contributed by atoms with Crippen molar-refractivity contribution in [3.05, 3.63) is 18.2 Å². The molecule has 0 saturated carbocycles. The van der Waals surface area contributed by atoms with Gasteiger partial charge in [-0.25, -0.2) is 0 Å². The number of hydrogen-bond donors (Lipinski definition) is 2. The highest BCUT2D eigenvalue weighted by atomic mass is 16.7. The number of carbonyl (C=O) groups is 1. The third-order valence-corrected chi connectivity index (χ3v) is 3.49. The highest BCUT2D eigenvalue weighted by molar-refractivity contribution is 5.93. The first-order chi connectivity index (χ1) is 8.74. The van der Waals surface area contributed by atoms with Crippen molar-refractivity contribution in [1.29, 1.82) is 0 Å². The second kappa shape index (κ2) is 4.49. The number of nitrogens with one attached hydrogen (secondary N) is 2. The quantitative estimate of drug-likeness (QED) is 0.826. The highest BCUT2D eigenvalue weighted by Crippen LogP contribution is 2.34. The van der Waals surface area contributed by atoms with Gasteiger partial charge >= 0.3 is 0 Å². The predicted molar refractivity (Wildman–Crippen MR) is 66.7 cm³/mol. The van der Waals surface area contributed by atoms with Gasteiger partial charge in [0.1, 0.15) is 0 Å². The van der Waals surface area contributed by atoms with Gasteiger partial charge in [0.05, 0.1) is 5.92 Å². The maximum Gasteiger partial charge on any atom is 0.231 e. The number of ether oxygens (including phenoxy) is 2. The van der Waals surface area contributed by atoms with Crippen molar-refractivity contribution in [1.82, 2.24) is 5.32 Å². The van der Waals surface area contributed by atoms with E-state index in [0.29, 0.717) is 11.7 Å². The predicted octanol–water partition coefficient (Wildman–Crippen LogP) is 1.21. The first-order valence-electron chi connectivity index (χ1n) is 6.15. The SMILES string of the molecule is CC1CNCC1C(=O)Nc1ccc2c(c1)OCO2. The van der Waals surface area contributed by atoms with Gasteiger partial charge in [-0.2, -0.15) is 0 Å². The van der Waals surface area contributed by atoms with Gasteiger partial charge in [-0.3, -0.25) is 4.79 Å². The summed E-state index contributed by atoms with van der Waals surface area (Å²) in [5.74, 6) is 1.88. The largest absolute Gasteiger partial charge is 0.454 e.